The summed E-state index contributed by atoms with van der Waals surface area (Å²) in [7, 11) is 0. The summed E-state index contributed by atoms with van der Waals surface area (Å²) in [6.45, 7) is 4.91. The van der Waals surface area contributed by atoms with Gasteiger partial charge in [0, 0.05) is 24.2 Å². The van der Waals surface area contributed by atoms with Crippen LogP contribution in [0.1, 0.15) is 30.4 Å². The van der Waals surface area contributed by atoms with Crippen LogP contribution in [0.5, 0.6) is 5.75 Å². The fraction of sp³-hybridized carbons (Fsp3) is 0.500. The molecule has 7 heteroatoms. The highest BCUT2D eigenvalue weighted by molar-refractivity contribution is 6.32. The topological polar surface area (TPSA) is 82.4 Å². The van der Waals surface area contributed by atoms with Crippen molar-refractivity contribution in [2.24, 2.45) is 0 Å². The molecular formula is C18H22ClN3O3. The van der Waals surface area contributed by atoms with E-state index in [0.29, 0.717) is 36.7 Å². The van der Waals surface area contributed by atoms with E-state index < -0.39 is 0 Å². The molecule has 2 rings (SSSR count). The number of hydrogen-bond donors (Lipinski definition) is 1. The predicted molar refractivity (Wildman–Crippen MR) is 94.4 cm³/mol. The maximum atomic E-state index is 12.3. The smallest absolute Gasteiger partial charge is 0.260 e. The molecular weight excluding hydrogens is 342 g/mol. The van der Waals surface area contributed by atoms with Crippen LogP contribution in [0, 0.1) is 25.2 Å². The molecule has 25 heavy (non-hydrogen) atoms. The Morgan fingerprint density at radius 2 is 1.92 bits per heavy atom. The third kappa shape index (κ3) is 5.36. The first-order chi connectivity index (χ1) is 11.9. The first-order valence-electron chi connectivity index (χ1n) is 8.24. The summed E-state index contributed by atoms with van der Waals surface area (Å²) in [6, 6.07) is 5.49. The zero-order valence-corrected chi connectivity index (χ0v) is 15.2. The minimum Gasteiger partial charge on any atom is -0.484 e. The number of carbonyl (C=O) groups is 2. The van der Waals surface area contributed by atoms with Crippen molar-refractivity contribution in [2.45, 2.75) is 39.2 Å². The first kappa shape index (κ1) is 19.1. The third-order valence-electron chi connectivity index (χ3n) is 4.22. The summed E-state index contributed by atoms with van der Waals surface area (Å²) in [5, 5.41) is 12.0. The van der Waals surface area contributed by atoms with E-state index in [1.807, 2.05) is 32.0 Å². The number of ether oxygens (including phenoxy) is 1. The van der Waals surface area contributed by atoms with Gasteiger partial charge in [-0.2, -0.15) is 5.26 Å². The number of amides is 2. The normalized spacial score (nSPS) is 14.7. The minimum atomic E-state index is -0.260. The van der Waals surface area contributed by atoms with Crippen LogP contribution in [0.4, 0.5) is 0 Å². The van der Waals surface area contributed by atoms with Gasteiger partial charge in [0.1, 0.15) is 12.2 Å². The van der Waals surface area contributed by atoms with E-state index in [9.17, 15) is 9.59 Å². The van der Waals surface area contributed by atoms with E-state index in [1.165, 1.54) is 0 Å². The van der Waals surface area contributed by atoms with Crippen LogP contribution in [-0.4, -0.2) is 42.5 Å². The van der Waals surface area contributed by atoms with Gasteiger partial charge in [-0.05, 0) is 49.9 Å². The van der Waals surface area contributed by atoms with Gasteiger partial charge in [0.25, 0.3) is 5.91 Å². The molecule has 0 radical (unpaired) electrons. The Balaban J connectivity index is 1.79. The Morgan fingerprint density at radius 3 is 2.48 bits per heavy atom. The Hall–Kier alpha value is -2.26. The molecule has 0 aliphatic carbocycles. The van der Waals surface area contributed by atoms with Gasteiger partial charge in [0.15, 0.2) is 6.61 Å². The number of nitrogens with zero attached hydrogens (tertiary/aromatic N) is 2. The van der Waals surface area contributed by atoms with Crippen LogP contribution in [0.15, 0.2) is 12.1 Å². The quantitative estimate of drug-likeness (QED) is 0.870. The molecule has 1 saturated heterocycles. The molecule has 1 N–H and O–H groups in total. The number of hydrogen-bond acceptors (Lipinski definition) is 4. The van der Waals surface area contributed by atoms with Crippen LogP contribution in [-0.2, 0) is 9.59 Å². The van der Waals surface area contributed by atoms with Gasteiger partial charge in [-0.15, -0.1) is 0 Å². The number of halogens is 1. The average Bonchev–Trinajstić information content (AvgIpc) is 2.58. The lowest BCUT2D eigenvalue weighted by molar-refractivity contribution is -0.134. The summed E-state index contributed by atoms with van der Waals surface area (Å²) in [5.41, 5.74) is 1.83. The first-order valence-corrected chi connectivity index (χ1v) is 8.62. The van der Waals surface area contributed by atoms with Crippen molar-refractivity contribution >= 4 is 23.4 Å². The number of benzene rings is 1. The van der Waals surface area contributed by atoms with Gasteiger partial charge in [0.05, 0.1) is 6.07 Å². The lowest BCUT2D eigenvalue weighted by atomic mass is 10.0. The average molecular weight is 364 g/mol. The van der Waals surface area contributed by atoms with E-state index in [-0.39, 0.29) is 30.9 Å². The lowest BCUT2D eigenvalue weighted by Crippen LogP contribution is -2.47. The molecule has 0 aromatic heterocycles. The molecule has 0 atom stereocenters. The van der Waals surface area contributed by atoms with E-state index in [2.05, 4.69) is 5.32 Å². The molecule has 0 unspecified atom stereocenters. The standard InChI is InChI=1S/C18H22ClN3O3/c1-12-9-15(10-13(2)18(12)19)25-11-17(24)22-7-4-14(5-8-22)21-16(23)3-6-20/h9-10,14H,3-5,7-8,11H2,1-2H3,(H,21,23). The number of carbonyl (C=O) groups excluding carboxylic acids is 2. The van der Waals surface area contributed by atoms with Gasteiger partial charge < -0.3 is 15.0 Å². The fourth-order valence-electron chi connectivity index (χ4n) is 2.85. The summed E-state index contributed by atoms with van der Waals surface area (Å²) in [6.07, 6.45) is 1.23. The summed E-state index contributed by atoms with van der Waals surface area (Å²) in [5.74, 6) is 0.294. The third-order valence-corrected chi connectivity index (χ3v) is 4.82. The lowest BCUT2D eigenvalue weighted by Gasteiger charge is -2.32. The van der Waals surface area contributed by atoms with Crippen molar-refractivity contribution in [3.63, 3.8) is 0 Å². The molecule has 1 aromatic carbocycles. The van der Waals surface area contributed by atoms with Crippen molar-refractivity contribution in [3.05, 3.63) is 28.3 Å². The summed E-state index contributed by atoms with van der Waals surface area (Å²) >= 11 is 6.13. The molecule has 0 saturated carbocycles. The van der Waals surface area contributed by atoms with Crippen molar-refractivity contribution in [3.8, 4) is 11.8 Å². The van der Waals surface area contributed by atoms with E-state index >= 15 is 0 Å². The van der Waals surface area contributed by atoms with Crippen molar-refractivity contribution in [2.75, 3.05) is 19.7 Å². The van der Waals surface area contributed by atoms with Crippen molar-refractivity contribution in [1.82, 2.24) is 10.2 Å². The molecule has 6 nitrogen and oxygen atoms in total. The van der Waals surface area contributed by atoms with Gasteiger partial charge in [-0.1, -0.05) is 11.6 Å². The Bertz CT molecular complexity index is 668. The fourth-order valence-corrected chi connectivity index (χ4v) is 2.96. The van der Waals surface area contributed by atoms with Crippen LogP contribution < -0.4 is 10.1 Å². The maximum absolute atomic E-state index is 12.3. The minimum absolute atomic E-state index is 0.0207. The number of rotatable bonds is 5. The number of nitriles is 1. The highest BCUT2D eigenvalue weighted by atomic mass is 35.5. The van der Waals surface area contributed by atoms with Crippen LogP contribution >= 0.6 is 11.6 Å². The molecule has 1 aliphatic rings. The molecule has 0 spiro atoms. The zero-order chi connectivity index (χ0) is 18.4. The van der Waals surface area contributed by atoms with Gasteiger partial charge in [-0.25, -0.2) is 0 Å². The molecule has 0 bridgehead atoms. The second-order valence-corrected chi connectivity index (χ2v) is 6.60. The van der Waals surface area contributed by atoms with Gasteiger partial charge >= 0.3 is 0 Å². The maximum Gasteiger partial charge on any atom is 0.260 e. The highest BCUT2D eigenvalue weighted by Gasteiger charge is 2.24. The molecule has 134 valence electrons. The van der Waals surface area contributed by atoms with Crippen LogP contribution in [0.2, 0.25) is 5.02 Å². The Kier molecular flexibility index (Phi) is 6.65. The van der Waals surface area contributed by atoms with Gasteiger partial charge in [0.2, 0.25) is 5.91 Å². The monoisotopic (exact) mass is 363 g/mol. The van der Waals surface area contributed by atoms with Crippen molar-refractivity contribution < 1.29 is 14.3 Å². The second kappa shape index (κ2) is 8.72. The molecule has 2 amide bonds. The number of nitrogens with one attached hydrogen (secondary N) is 1. The number of piperidine rings is 1. The Morgan fingerprint density at radius 1 is 1.32 bits per heavy atom. The van der Waals surface area contributed by atoms with Crippen LogP contribution in [0.25, 0.3) is 0 Å². The highest BCUT2D eigenvalue weighted by Crippen LogP contribution is 2.25. The van der Waals surface area contributed by atoms with Crippen LogP contribution in [0.3, 0.4) is 0 Å². The summed E-state index contributed by atoms with van der Waals surface area (Å²) in [4.78, 5) is 25.4. The SMILES string of the molecule is Cc1cc(OCC(=O)N2CCC(NC(=O)CC#N)CC2)cc(C)c1Cl. The second-order valence-electron chi connectivity index (χ2n) is 6.22. The van der Waals surface area contributed by atoms with Crippen molar-refractivity contribution in [1.29, 1.82) is 5.26 Å². The molecule has 1 aliphatic heterocycles. The van der Waals surface area contributed by atoms with Gasteiger partial charge in [-0.3, -0.25) is 9.59 Å². The molecule has 1 fully saturated rings. The van der Waals surface area contributed by atoms with E-state index in [0.717, 1.165) is 11.1 Å². The summed E-state index contributed by atoms with van der Waals surface area (Å²) < 4.78 is 5.61. The predicted octanol–water partition coefficient (Wildman–Crippen LogP) is 2.36. The molecule has 1 heterocycles. The van der Waals surface area contributed by atoms with E-state index in [1.54, 1.807) is 4.90 Å². The Labute approximate surface area is 152 Å². The largest absolute Gasteiger partial charge is 0.484 e. The van der Waals surface area contributed by atoms with E-state index in [4.69, 9.17) is 21.6 Å². The molecule has 1 aromatic rings. The zero-order valence-electron chi connectivity index (χ0n) is 14.5. The number of aryl methyl sites for hydroxylation is 2. The number of likely N-dealkylation sites (tertiary alicyclic amines) is 1.